The molecule has 0 amide bonds. The van der Waals surface area contributed by atoms with Gasteiger partial charge in [-0.25, -0.2) is 4.98 Å². The summed E-state index contributed by atoms with van der Waals surface area (Å²) in [6, 6.07) is 31.7. The number of hydrogen-bond donors (Lipinski definition) is 1. The predicted octanol–water partition coefficient (Wildman–Crippen LogP) is 6.93. The van der Waals surface area contributed by atoms with Crippen molar-refractivity contribution in [3.05, 3.63) is 109 Å². The van der Waals surface area contributed by atoms with Gasteiger partial charge in [0.05, 0.1) is 0 Å². The maximum atomic E-state index is 11.5. The minimum Gasteiger partial charge on any atom is -0.489 e. The standard InChI is InChI=1S/C29H23NO4/c1-19(29(31)32)28-30-26(27(34-28)23-8-3-2-4-9-23)22-13-15-25(16-14-22)33-18-20-11-12-21-7-5-6-10-24(21)17-20/h2-17,19H,18H2,1H3,(H,31,32). The van der Waals surface area contributed by atoms with E-state index in [-0.39, 0.29) is 5.89 Å². The van der Waals surface area contributed by atoms with Crippen LogP contribution in [0.1, 0.15) is 24.3 Å². The number of oxazole rings is 1. The van der Waals surface area contributed by atoms with E-state index in [1.807, 2.05) is 66.7 Å². The molecular weight excluding hydrogens is 426 g/mol. The van der Waals surface area contributed by atoms with Crippen molar-refractivity contribution in [1.29, 1.82) is 0 Å². The summed E-state index contributed by atoms with van der Waals surface area (Å²) in [6.45, 7) is 2.03. The summed E-state index contributed by atoms with van der Waals surface area (Å²) >= 11 is 0. The summed E-state index contributed by atoms with van der Waals surface area (Å²) in [5, 5.41) is 11.8. The van der Waals surface area contributed by atoms with Crippen molar-refractivity contribution in [1.82, 2.24) is 4.98 Å². The fourth-order valence-corrected chi connectivity index (χ4v) is 3.81. The first kappa shape index (κ1) is 21.5. The number of fused-ring (bicyclic) bond motifs is 1. The number of carbonyl (C=O) groups is 1. The first-order chi connectivity index (χ1) is 16.6. The van der Waals surface area contributed by atoms with Crippen LogP contribution in [0.15, 0.2) is 101 Å². The van der Waals surface area contributed by atoms with Gasteiger partial charge in [0.15, 0.2) is 5.76 Å². The Hall–Kier alpha value is -4.38. The lowest BCUT2D eigenvalue weighted by atomic mass is 10.1. The van der Waals surface area contributed by atoms with Gasteiger partial charge in [0.2, 0.25) is 5.89 Å². The first-order valence-corrected chi connectivity index (χ1v) is 11.1. The number of rotatable bonds is 7. The Morgan fingerprint density at radius 2 is 1.59 bits per heavy atom. The molecule has 1 aromatic heterocycles. The molecule has 0 aliphatic rings. The van der Waals surface area contributed by atoms with Crippen LogP contribution in [0.5, 0.6) is 5.75 Å². The largest absolute Gasteiger partial charge is 0.489 e. The van der Waals surface area contributed by atoms with E-state index in [1.54, 1.807) is 6.92 Å². The zero-order chi connectivity index (χ0) is 23.5. The molecule has 168 valence electrons. The van der Waals surface area contributed by atoms with E-state index in [4.69, 9.17) is 9.15 Å². The summed E-state index contributed by atoms with van der Waals surface area (Å²) < 4.78 is 11.9. The fraction of sp³-hybridized carbons (Fsp3) is 0.103. The Kier molecular flexibility index (Phi) is 5.83. The van der Waals surface area contributed by atoms with Gasteiger partial charge in [0.1, 0.15) is 24.0 Å². The molecule has 0 saturated carbocycles. The van der Waals surface area contributed by atoms with E-state index in [0.29, 0.717) is 18.1 Å². The van der Waals surface area contributed by atoms with Crippen LogP contribution < -0.4 is 4.74 Å². The first-order valence-electron chi connectivity index (χ1n) is 11.1. The summed E-state index contributed by atoms with van der Waals surface area (Å²) in [5.74, 6) is -0.363. The number of benzene rings is 4. The smallest absolute Gasteiger partial charge is 0.315 e. The van der Waals surface area contributed by atoms with Crippen LogP contribution in [0.2, 0.25) is 0 Å². The predicted molar refractivity (Wildman–Crippen MR) is 132 cm³/mol. The lowest BCUT2D eigenvalue weighted by molar-refractivity contribution is -0.138. The molecule has 4 aromatic carbocycles. The minimum absolute atomic E-state index is 0.179. The highest BCUT2D eigenvalue weighted by molar-refractivity contribution is 5.83. The quantitative estimate of drug-likeness (QED) is 0.292. The number of hydrogen-bond acceptors (Lipinski definition) is 4. The minimum atomic E-state index is -0.982. The Bertz CT molecular complexity index is 1440. The van der Waals surface area contributed by atoms with Crippen LogP contribution in [0.4, 0.5) is 0 Å². The molecule has 0 fully saturated rings. The van der Waals surface area contributed by atoms with Gasteiger partial charge < -0.3 is 14.3 Å². The van der Waals surface area contributed by atoms with Crippen LogP contribution in [0, 0.1) is 0 Å². The molecule has 0 spiro atoms. The van der Waals surface area contributed by atoms with Crippen molar-refractivity contribution in [2.24, 2.45) is 0 Å². The summed E-state index contributed by atoms with van der Waals surface area (Å²) in [5.41, 5.74) is 3.36. The number of carboxylic acids is 1. The highest BCUT2D eigenvalue weighted by atomic mass is 16.5. The molecule has 0 aliphatic carbocycles. The van der Waals surface area contributed by atoms with E-state index >= 15 is 0 Å². The van der Waals surface area contributed by atoms with Gasteiger partial charge in [-0.05, 0) is 53.6 Å². The fourth-order valence-electron chi connectivity index (χ4n) is 3.81. The van der Waals surface area contributed by atoms with Crippen LogP contribution in [0.25, 0.3) is 33.4 Å². The molecule has 0 bridgehead atoms. The van der Waals surface area contributed by atoms with Crippen LogP contribution in [0.3, 0.4) is 0 Å². The Labute approximate surface area is 197 Å². The molecule has 0 saturated heterocycles. The van der Waals surface area contributed by atoms with E-state index in [9.17, 15) is 9.90 Å². The molecule has 5 aromatic rings. The third-order valence-electron chi connectivity index (χ3n) is 5.77. The number of nitrogens with zero attached hydrogens (tertiary/aromatic N) is 1. The van der Waals surface area contributed by atoms with E-state index < -0.39 is 11.9 Å². The molecule has 5 heteroatoms. The monoisotopic (exact) mass is 449 g/mol. The van der Waals surface area contributed by atoms with Crippen molar-refractivity contribution in [3.63, 3.8) is 0 Å². The second-order valence-electron chi connectivity index (χ2n) is 8.15. The summed E-state index contributed by atoms with van der Waals surface area (Å²) in [6.07, 6.45) is 0. The van der Waals surface area contributed by atoms with Gasteiger partial charge in [0.25, 0.3) is 0 Å². The number of aromatic nitrogens is 1. The van der Waals surface area contributed by atoms with Crippen molar-refractivity contribution in [3.8, 4) is 28.3 Å². The SMILES string of the molecule is CC(C(=O)O)c1nc(-c2ccc(OCc3ccc4ccccc4c3)cc2)c(-c2ccccc2)o1. The molecule has 0 radical (unpaired) electrons. The van der Waals surface area contributed by atoms with Crippen LogP contribution in [-0.4, -0.2) is 16.1 Å². The van der Waals surface area contributed by atoms with Crippen LogP contribution in [-0.2, 0) is 11.4 Å². The summed E-state index contributed by atoms with van der Waals surface area (Å²) in [7, 11) is 0. The normalized spacial score (nSPS) is 11.9. The summed E-state index contributed by atoms with van der Waals surface area (Å²) in [4.78, 5) is 16.0. The maximum Gasteiger partial charge on any atom is 0.315 e. The molecule has 5 rings (SSSR count). The number of ether oxygens (including phenoxy) is 1. The van der Waals surface area contributed by atoms with Crippen molar-refractivity contribution >= 4 is 16.7 Å². The highest BCUT2D eigenvalue weighted by Crippen LogP contribution is 2.35. The van der Waals surface area contributed by atoms with E-state index in [1.165, 1.54) is 10.8 Å². The zero-order valence-electron chi connectivity index (χ0n) is 18.6. The molecule has 34 heavy (non-hydrogen) atoms. The lowest BCUT2D eigenvalue weighted by Crippen LogP contribution is -2.07. The molecule has 5 nitrogen and oxygen atoms in total. The van der Waals surface area contributed by atoms with Gasteiger partial charge in [-0.2, -0.15) is 0 Å². The van der Waals surface area contributed by atoms with E-state index in [2.05, 4.69) is 35.3 Å². The molecule has 1 heterocycles. The number of aliphatic carboxylic acids is 1. The molecule has 1 atom stereocenters. The van der Waals surface area contributed by atoms with Crippen molar-refractivity contribution in [2.45, 2.75) is 19.4 Å². The van der Waals surface area contributed by atoms with Gasteiger partial charge in [-0.3, -0.25) is 4.79 Å². The lowest BCUT2D eigenvalue weighted by Gasteiger charge is -2.08. The third-order valence-corrected chi connectivity index (χ3v) is 5.77. The molecule has 1 N–H and O–H groups in total. The molecule has 0 aliphatic heterocycles. The van der Waals surface area contributed by atoms with E-state index in [0.717, 1.165) is 22.4 Å². The number of carboxylic acid groups (broad SMARTS) is 1. The van der Waals surface area contributed by atoms with Crippen molar-refractivity contribution < 1.29 is 19.1 Å². The van der Waals surface area contributed by atoms with Crippen LogP contribution >= 0.6 is 0 Å². The average molecular weight is 450 g/mol. The Morgan fingerprint density at radius 1 is 0.882 bits per heavy atom. The highest BCUT2D eigenvalue weighted by Gasteiger charge is 2.24. The van der Waals surface area contributed by atoms with Crippen molar-refractivity contribution in [2.75, 3.05) is 0 Å². The second kappa shape index (κ2) is 9.24. The topological polar surface area (TPSA) is 72.6 Å². The van der Waals surface area contributed by atoms with Gasteiger partial charge in [-0.1, -0.05) is 66.7 Å². The molecular formula is C29H23NO4. The Morgan fingerprint density at radius 3 is 2.32 bits per heavy atom. The zero-order valence-corrected chi connectivity index (χ0v) is 18.6. The molecule has 1 unspecified atom stereocenters. The average Bonchev–Trinajstić information content (AvgIpc) is 3.33. The van der Waals surface area contributed by atoms with Gasteiger partial charge in [0, 0.05) is 11.1 Å². The maximum absolute atomic E-state index is 11.5. The van der Waals surface area contributed by atoms with Gasteiger partial charge >= 0.3 is 5.97 Å². The second-order valence-corrected chi connectivity index (χ2v) is 8.15. The third kappa shape index (κ3) is 4.41. The Balaban J connectivity index is 1.39. The van der Waals surface area contributed by atoms with Gasteiger partial charge in [-0.15, -0.1) is 0 Å².